The normalized spacial score (nSPS) is 19.2. The van der Waals surface area contributed by atoms with Gasteiger partial charge in [0.1, 0.15) is 0 Å². The number of carbonyl (C=O) groups excluding carboxylic acids is 1. The molecule has 104 valence electrons. The zero-order chi connectivity index (χ0) is 13.8. The van der Waals surface area contributed by atoms with E-state index < -0.39 is 0 Å². The number of hydrogen-bond acceptors (Lipinski definition) is 3. The smallest absolute Gasteiger partial charge is 0.227 e. The number of anilines is 1. The van der Waals surface area contributed by atoms with Crippen LogP contribution in [0.25, 0.3) is 0 Å². The van der Waals surface area contributed by atoms with Crippen LogP contribution in [0, 0.1) is 20.8 Å². The van der Waals surface area contributed by atoms with E-state index in [1.807, 2.05) is 13.8 Å². The van der Waals surface area contributed by atoms with Crippen molar-refractivity contribution >= 4 is 11.6 Å². The average Bonchev–Trinajstić information content (AvgIpc) is 2.35. The summed E-state index contributed by atoms with van der Waals surface area (Å²) in [5.41, 5.74) is 4.36. The van der Waals surface area contributed by atoms with Gasteiger partial charge in [-0.3, -0.25) is 4.79 Å². The highest BCUT2D eigenvalue weighted by Crippen LogP contribution is 2.22. The highest BCUT2D eigenvalue weighted by atomic mass is 16.5. The van der Waals surface area contributed by atoms with Crippen LogP contribution in [0.1, 0.15) is 23.1 Å². The van der Waals surface area contributed by atoms with Gasteiger partial charge in [-0.25, -0.2) is 0 Å². The molecule has 0 saturated carbocycles. The maximum absolute atomic E-state index is 12.1. The molecule has 1 aromatic carbocycles. The fraction of sp³-hybridized carbons (Fsp3) is 0.533. The quantitative estimate of drug-likeness (QED) is 0.875. The van der Waals surface area contributed by atoms with Crippen molar-refractivity contribution in [1.82, 2.24) is 5.32 Å². The maximum Gasteiger partial charge on any atom is 0.227 e. The van der Waals surface area contributed by atoms with Crippen LogP contribution in [0.15, 0.2) is 12.1 Å². The van der Waals surface area contributed by atoms with Crippen molar-refractivity contribution in [2.75, 3.05) is 25.0 Å². The van der Waals surface area contributed by atoms with E-state index in [-0.39, 0.29) is 12.0 Å². The molecule has 1 aliphatic rings. The van der Waals surface area contributed by atoms with Crippen LogP contribution in [-0.4, -0.2) is 31.7 Å². The van der Waals surface area contributed by atoms with Crippen LogP contribution >= 0.6 is 0 Å². The molecular formula is C15H22N2O2. The molecule has 0 aliphatic carbocycles. The van der Waals surface area contributed by atoms with Crippen LogP contribution in [0.2, 0.25) is 0 Å². The van der Waals surface area contributed by atoms with Gasteiger partial charge in [0.05, 0.1) is 19.1 Å². The fourth-order valence-corrected chi connectivity index (χ4v) is 2.53. The van der Waals surface area contributed by atoms with Crippen molar-refractivity contribution in [1.29, 1.82) is 0 Å². The molecule has 2 N–H and O–H groups in total. The lowest BCUT2D eigenvalue weighted by atomic mass is 10.0. The van der Waals surface area contributed by atoms with E-state index in [1.54, 1.807) is 0 Å². The number of morpholine rings is 1. The first-order valence-corrected chi connectivity index (χ1v) is 6.76. The summed E-state index contributed by atoms with van der Waals surface area (Å²) in [6, 6.07) is 4.17. The van der Waals surface area contributed by atoms with Gasteiger partial charge in [-0.15, -0.1) is 0 Å². The second-order valence-electron chi connectivity index (χ2n) is 5.22. The molecule has 19 heavy (non-hydrogen) atoms. The summed E-state index contributed by atoms with van der Waals surface area (Å²) in [6.45, 7) is 8.41. The molecule has 1 unspecified atom stereocenters. The molecule has 0 bridgehead atoms. The molecule has 4 heteroatoms. The van der Waals surface area contributed by atoms with Crippen LogP contribution in [0.3, 0.4) is 0 Å². The standard InChI is InChI=1S/C15H22N2O2/c1-10-6-11(2)15(12(3)7-10)17-14(18)8-13-9-16-4-5-19-13/h6-7,13,16H,4-5,8-9H2,1-3H3,(H,17,18). The van der Waals surface area contributed by atoms with E-state index in [1.165, 1.54) is 5.56 Å². The van der Waals surface area contributed by atoms with Gasteiger partial charge >= 0.3 is 0 Å². The zero-order valence-corrected chi connectivity index (χ0v) is 11.9. The maximum atomic E-state index is 12.1. The molecule has 1 saturated heterocycles. The van der Waals surface area contributed by atoms with E-state index in [0.29, 0.717) is 13.0 Å². The van der Waals surface area contributed by atoms with Crippen molar-refractivity contribution < 1.29 is 9.53 Å². The Morgan fingerprint density at radius 1 is 1.37 bits per heavy atom. The Bertz CT molecular complexity index is 442. The third kappa shape index (κ3) is 3.78. The van der Waals surface area contributed by atoms with Crippen LogP contribution in [0.5, 0.6) is 0 Å². The van der Waals surface area contributed by atoms with Crippen molar-refractivity contribution in [2.45, 2.75) is 33.3 Å². The van der Waals surface area contributed by atoms with Crippen molar-refractivity contribution in [2.24, 2.45) is 0 Å². The Hall–Kier alpha value is -1.39. The summed E-state index contributed by atoms with van der Waals surface area (Å²) < 4.78 is 5.54. The summed E-state index contributed by atoms with van der Waals surface area (Å²) >= 11 is 0. The first kappa shape index (κ1) is 14.0. The Kier molecular flexibility index (Phi) is 4.56. The van der Waals surface area contributed by atoms with E-state index >= 15 is 0 Å². The number of rotatable bonds is 3. The summed E-state index contributed by atoms with van der Waals surface area (Å²) in [6.07, 6.45) is 0.388. The molecule has 2 rings (SSSR count). The molecule has 1 aromatic rings. The molecule has 0 aromatic heterocycles. The Morgan fingerprint density at radius 3 is 2.63 bits per heavy atom. The minimum absolute atomic E-state index is 0.0141. The lowest BCUT2D eigenvalue weighted by Crippen LogP contribution is -2.40. The van der Waals surface area contributed by atoms with Crippen LogP contribution < -0.4 is 10.6 Å². The minimum atomic E-state index is -0.0141. The van der Waals surface area contributed by atoms with E-state index in [9.17, 15) is 4.79 Å². The molecule has 1 atom stereocenters. The molecule has 0 radical (unpaired) electrons. The third-order valence-corrected chi connectivity index (χ3v) is 3.36. The predicted molar refractivity (Wildman–Crippen MR) is 76.5 cm³/mol. The first-order valence-electron chi connectivity index (χ1n) is 6.76. The highest BCUT2D eigenvalue weighted by molar-refractivity contribution is 5.92. The Labute approximate surface area is 114 Å². The number of benzene rings is 1. The van der Waals surface area contributed by atoms with Gasteiger partial charge in [0.2, 0.25) is 5.91 Å². The van der Waals surface area contributed by atoms with E-state index in [4.69, 9.17) is 4.74 Å². The van der Waals surface area contributed by atoms with Crippen LogP contribution in [-0.2, 0) is 9.53 Å². The number of ether oxygens (including phenoxy) is 1. The lowest BCUT2D eigenvalue weighted by Gasteiger charge is -2.23. The topological polar surface area (TPSA) is 50.4 Å². The Morgan fingerprint density at radius 2 is 2.05 bits per heavy atom. The average molecular weight is 262 g/mol. The lowest BCUT2D eigenvalue weighted by molar-refractivity contribution is -0.119. The van der Waals surface area contributed by atoms with E-state index in [2.05, 4.69) is 29.7 Å². The van der Waals surface area contributed by atoms with Crippen molar-refractivity contribution in [3.63, 3.8) is 0 Å². The number of nitrogens with one attached hydrogen (secondary N) is 2. The summed E-state index contributed by atoms with van der Waals surface area (Å²) in [5.74, 6) is 0.0174. The molecule has 0 spiro atoms. The second-order valence-corrected chi connectivity index (χ2v) is 5.22. The summed E-state index contributed by atoms with van der Waals surface area (Å²) in [5, 5.41) is 6.24. The predicted octanol–water partition coefficient (Wildman–Crippen LogP) is 1.93. The number of aryl methyl sites for hydroxylation is 3. The fourth-order valence-electron chi connectivity index (χ4n) is 2.53. The largest absolute Gasteiger partial charge is 0.375 e. The van der Waals surface area contributed by atoms with Crippen LogP contribution in [0.4, 0.5) is 5.69 Å². The zero-order valence-electron chi connectivity index (χ0n) is 11.9. The van der Waals surface area contributed by atoms with Gasteiger partial charge in [-0.1, -0.05) is 17.7 Å². The number of amides is 1. The highest BCUT2D eigenvalue weighted by Gasteiger charge is 2.18. The third-order valence-electron chi connectivity index (χ3n) is 3.36. The van der Waals surface area contributed by atoms with Crippen molar-refractivity contribution in [3.8, 4) is 0 Å². The Balaban J connectivity index is 1.98. The van der Waals surface area contributed by atoms with Gasteiger partial charge in [0, 0.05) is 18.8 Å². The molecular weight excluding hydrogens is 240 g/mol. The van der Waals surface area contributed by atoms with Gasteiger partial charge in [0.15, 0.2) is 0 Å². The van der Waals surface area contributed by atoms with E-state index in [0.717, 1.165) is 29.9 Å². The van der Waals surface area contributed by atoms with Gasteiger partial charge in [0.25, 0.3) is 0 Å². The summed E-state index contributed by atoms with van der Waals surface area (Å²) in [7, 11) is 0. The van der Waals surface area contributed by atoms with Gasteiger partial charge < -0.3 is 15.4 Å². The molecule has 1 heterocycles. The summed E-state index contributed by atoms with van der Waals surface area (Å²) in [4.78, 5) is 12.1. The minimum Gasteiger partial charge on any atom is -0.375 e. The number of hydrogen-bond donors (Lipinski definition) is 2. The SMILES string of the molecule is Cc1cc(C)c(NC(=O)CC2CNCCO2)c(C)c1. The van der Waals surface area contributed by atoms with Gasteiger partial charge in [-0.05, 0) is 31.9 Å². The second kappa shape index (κ2) is 6.17. The molecule has 1 amide bonds. The first-order chi connectivity index (χ1) is 9.06. The molecule has 4 nitrogen and oxygen atoms in total. The molecule has 1 fully saturated rings. The van der Waals surface area contributed by atoms with Gasteiger partial charge in [-0.2, -0.15) is 0 Å². The monoisotopic (exact) mass is 262 g/mol. The van der Waals surface area contributed by atoms with Crippen molar-refractivity contribution in [3.05, 3.63) is 28.8 Å². The number of carbonyl (C=O) groups is 1. The molecule has 1 aliphatic heterocycles.